The summed E-state index contributed by atoms with van der Waals surface area (Å²) in [5.74, 6) is 7.19. The summed E-state index contributed by atoms with van der Waals surface area (Å²) in [6.07, 6.45) is 4.29. The fraction of sp³-hybridized carbons (Fsp3) is 0.400. The number of aromatic nitrogens is 3. The Hall–Kier alpha value is -2.79. The Balaban J connectivity index is 1.47. The molecule has 3 N–H and O–H groups in total. The molecule has 3 aromatic rings. The number of carbonyl (C=O) groups excluding carboxylic acids is 2. The van der Waals surface area contributed by atoms with E-state index in [2.05, 4.69) is 22.4 Å². The first-order chi connectivity index (χ1) is 14.9. The summed E-state index contributed by atoms with van der Waals surface area (Å²) in [5, 5.41) is 12.0. The maximum absolute atomic E-state index is 12.6. The first-order valence-corrected chi connectivity index (χ1v) is 11.6. The van der Waals surface area contributed by atoms with Crippen LogP contribution in [0, 0.1) is 12.8 Å². The second-order valence-electron chi connectivity index (χ2n) is 7.45. The third-order valence-corrected chi connectivity index (χ3v) is 7.36. The van der Waals surface area contributed by atoms with E-state index in [4.69, 9.17) is 15.0 Å². The quantitative estimate of drug-likeness (QED) is 0.325. The minimum atomic E-state index is -0.420. The number of carbonyl (C=O) groups is 2. The number of hydrogen-bond acceptors (Lipinski definition) is 9. The first kappa shape index (κ1) is 21.4. The monoisotopic (exact) mass is 461 g/mol. The Labute approximate surface area is 187 Å². The number of methoxy groups -OCH3 is 1. The molecule has 0 aliphatic heterocycles. The molecule has 0 saturated heterocycles. The number of nitrogens with one attached hydrogen (secondary N) is 1. The molecule has 0 bridgehead atoms. The Morgan fingerprint density at radius 2 is 2.26 bits per heavy atom. The average molecular weight is 462 g/mol. The lowest BCUT2D eigenvalue weighted by Crippen LogP contribution is -2.18. The van der Waals surface area contributed by atoms with Gasteiger partial charge < -0.3 is 20.3 Å². The number of furan rings is 1. The van der Waals surface area contributed by atoms with Gasteiger partial charge in [-0.25, -0.2) is 9.47 Å². The summed E-state index contributed by atoms with van der Waals surface area (Å²) in [7, 11) is 1.35. The minimum Gasteiger partial charge on any atom is -0.469 e. The van der Waals surface area contributed by atoms with Gasteiger partial charge in [0.25, 0.3) is 0 Å². The van der Waals surface area contributed by atoms with Crippen molar-refractivity contribution in [2.24, 2.45) is 5.92 Å². The van der Waals surface area contributed by atoms with E-state index < -0.39 is 5.97 Å². The predicted molar refractivity (Wildman–Crippen MR) is 119 cm³/mol. The van der Waals surface area contributed by atoms with Crippen molar-refractivity contribution in [1.29, 1.82) is 0 Å². The van der Waals surface area contributed by atoms with Gasteiger partial charge in [0.2, 0.25) is 11.1 Å². The summed E-state index contributed by atoms with van der Waals surface area (Å²) in [6.45, 7) is 4.00. The van der Waals surface area contributed by atoms with Crippen LogP contribution in [0.25, 0.3) is 11.4 Å². The molecule has 1 amide bonds. The highest BCUT2D eigenvalue weighted by atomic mass is 32.2. The van der Waals surface area contributed by atoms with Crippen LogP contribution in [0.3, 0.4) is 0 Å². The van der Waals surface area contributed by atoms with Crippen molar-refractivity contribution in [3.05, 3.63) is 34.1 Å². The summed E-state index contributed by atoms with van der Waals surface area (Å²) in [6, 6.07) is 1.76. The molecule has 164 valence electrons. The zero-order valence-corrected chi connectivity index (χ0v) is 19.1. The number of esters is 1. The van der Waals surface area contributed by atoms with Gasteiger partial charge in [-0.05, 0) is 43.7 Å². The maximum Gasteiger partial charge on any atom is 0.341 e. The van der Waals surface area contributed by atoms with Gasteiger partial charge in [-0.15, -0.1) is 21.5 Å². The molecule has 1 atom stereocenters. The van der Waals surface area contributed by atoms with Gasteiger partial charge in [-0.2, -0.15) is 0 Å². The number of thiophene rings is 1. The Bertz CT molecular complexity index is 1130. The Morgan fingerprint density at radius 3 is 2.97 bits per heavy atom. The van der Waals surface area contributed by atoms with Crippen molar-refractivity contribution in [2.75, 3.05) is 24.0 Å². The number of nitrogens with zero attached hydrogens (tertiary/aromatic N) is 3. The molecule has 9 nitrogen and oxygen atoms in total. The molecule has 1 aliphatic carbocycles. The van der Waals surface area contributed by atoms with E-state index in [-0.39, 0.29) is 11.7 Å². The van der Waals surface area contributed by atoms with Crippen molar-refractivity contribution in [2.45, 2.75) is 38.3 Å². The summed E-state index contributed by atoms with van der Waals surface area (Å²) >= 11 is 2.62. The van der Waals surface area contributed by atoms with Gasteiger partial charge in [0.05, 0.1) is 30.3 Å². The van der Waals surface area contributed by atoms with Crippen LogP contribution in [0.4, 0.5) is 5.00 Å². The van der Waals surface area contributed by atoms with Gasteiger partial charge >= 0.3 is 5.97 Å². The van der Waals surface area contributed by atoms with Gasteiger partial charge in [-0.1, -0.05) is 18.7 Å². The highest BCUT2D eigenvalue weighted by molar-refractivity contribution is 7.99. The predicted octanol–water partition coefficient (Wildman–Crippen LogP) is 3.26. The fourth-order valence-electron chi connectivity index (χ4n) is 3.63. The Kier molecular flexibility index (Phi) is 6.05. The molecule has 1 aliphatic rings. The van der Waals surface area contributed by atoms with Crippen molar-refractivity contribution < 1.29 is 18.7 Å². The molecule has 4 rings (SSSR count). The first-order valence-electron chi connectivity index (χ1n) is 9.79. The van der Waals surface area contributed by atoms with Crippen molar-refractivity contribution in [3.8, 4) is 11.4 Å². The third-order valence-electron chi connectivity index (χ3n) is 5.25. The molecule has 0 saturated carbocycles. The molecule has 1 unspecified atom stereocenters. The number of hydrogen-bond donors (Lipinski definition) is 2. The van der Waals surface area contributed by atoms with Crippen molar-refractivity contribution in [1.82, 2.24) is 14.9 Å². The molecule has 0 radical (unpaired) electrons. The van der Waals surface area contributed by atoms with Crippen LogP contribution in [0.1, 0.15) is 39.9 Å². The highest BCUT2D eigenvalue weighted by Crippen LogP contribution is 2.40. The smallest absolute Gasteiger partial charge is 0.341 e. The summed E-state index contributed by atoms with van der Waals surface area (Å²) in [4.78, 5) is 26.2. The second-order valence-corrected chi connectivity index (χ2v) is 9.50. The topological polar surface area (TPSA) is 125 Å². The molecule has 0 spiro atoms. The second kappa shape index (κ2) is 8.75. The largest absolute Gasteiger partial charge is 0.469 e. The van der Waals surface area contributed by atoms with E-state index in [0.717, 1.165) is 47.0 Å². The molecule has 31 heavy (non-hydrogen) atoms. The lowest BCUT2D eigenvalue weighted by molar-refractivity contribution is -0.113. The number of rotatable bonds is 6. The van der Waals surface area contributed by atoms with E-state index in [1.807, 2.05) is 6.92 Å². The maximum atomic E-state index is 12.6. The zero-order chi connectivity index (χ0) is 22.1. The van der Waals surface area contributed by atoms with Gasteiger partial charge in [0.1, 0.15) is 10.8 Å². The van der Waals surface area contributed by atoms with E-state index in [1.165, 1.54) is 23.1 Å². The molecular weight excluding hydrogens is 438 g/mol. The highest BCUT2D eigenvalue weighted by Gasteiger charge is 2.29. The van der Waals surface area contributed by atoms with Crippen LogP contribution < -0.4 is 11.2 Å². The minimum absolute atomic E-state index is 0.0687. The van der Waals surface area contributed by atoms with Crippen molar-refractivity contribution >= 4 is 40.0 Å². The Morgan fingerprint density at radius 1 is 1.45 bits per heavy atom. The summed E-state index contributed by atoms with van der Waals surface area (Å²) in [5.41, 5.74) is 2.22. The summed E-state index contributed by atoms with van der Waals surface area (Å²) < 4.78 is 11.6. The number of fused-ring (bicyclic) bond motifs is 1. The van der Waals surface area contributed by atoms with Crippen LogP contribution >= 0.6 is 23.1 Å². The van der Waals surface area contributed by atoms with E-state index in [9.17, 15) is 9.59 Å². The van der Waals surface area contributed by atoms with Crippen LogP contribution in [-0.2, 0) is 22.4 Å². The lowest BCUT2D eigenvalue weighted by Gasteiger charge is -2.18. The van der Waals surface area contributed by atoms with Crippen molar-refractivity contribution in [3.63, 3.8) is 0 Å². The van der Waals surface area contributed by atoms with Crippen LogP contribution in [0.5, 0.6) is 0 Å². The van der Waals surface area contributed by atoms with Crippen LogP contribution in [0.15, 0.2) is 21.9 Å². The van der Waals surface area contributed by atoms with Crippen LogP contribution in [0.2, 0.25) is 0 Å². The molecule has 11 heteroatoms. The average Bonchev–Trinajstić information content (AvgIpc) is 3.42. The number of amides is 1. The molecular formula is C20H23N5O4S2. The number of nitrogens with two attached hydrogens (primary N) is 1. The van der Waals surface area contributed by atoms with Gasteiger partial charge in [-0.3, -0.25) is 4.79 Å². The van der Waals surface area contributed by atoms with E-state index in [0.29, 0.717) is 33.2 Å². The SMILES string of the molecule is COC(=O)c1c(NC(=O)CSc2nnc(-c3ccoc3C)n2N)sc2c1CCC(C)C2. The number of thioether (sulfide) groups is 1. The number of anilines is 1. The lowest BCUT2D eigenvalue weighted by atomic mass is 9.88. The molecule has 0 aromatic carbocycles. The van der Waals surface area contributed by atoms with Gasteiger partial charge in [0.15, 0.2) is 5.82 Å². The van der Waals surface area contributed by atoms with E-state index >= 15 is 0 Å². The zero-order valence-electron chi connectivity index (χ0n) is 17.4. The van der Waals surface area contributed by atoms with Crippen LogP contribution in [-0.4, -0.2) is 39.6 Å². The number of aryl methyl sites for hydroxylation is 1. The molecule has 3 aromatic heterocycles. The third kappa shape index (κ3) is 4.19. The standard InChI is InChI=1S/C20H23N5O4S2/c1-10-4-5-13-14(8-10)31-18(16(13)19(27)28-3)22-15(26)9-30-20-24-23-17(25(20)21)12-6-7-29-11(12)2/h6-7,10H,4-5,8-9,21H2,1-3H3,(H,22,26). The van der Waals surface area contributed by atoms with Gasteiger partial charge in [0, 0.05) is 4.88 Å². The molecule has 0 fully saturated rings. The number of nitrogen functional groups attached to an aromatic ring is 1. The normalized spacial score (nSPS) is 15.5. The number of ether oxygens (including phenoxy) is 1. The fourth-order valence-corrected chi connectivity index (χ4v) is 5.70. The molecule has 3 heterocycles. The van der Waals surface area contributed by atoms with E-state index in [1.54, 1.807) is 12.3 Å².